The minimum atomic E-state index is -0.838. The highest BCUT2D eigenvalue weighted by Gasteiger charge is 2.44. The van der Waals surface area contributed by atoms with Crippen LogP contribution in [0.1, 0.15) is 56.9 Å². The fourth-order valence-electron chi connectivity index (χ4n) is 4.36. The van der Waals surface area contributed by atoms with Crippen molar-refractivity contribution in [1.82, 2.24) is 15.5 Å². The van der Waals surface area contributed by atoms with E-state index in [1.54, 1.807) is 11.8 Å². The third kappa shape index (κ3) is 6.83. The van der Waals surface area contributed by atoms with Crippen LogP contribution in [0.2, 0.25) is 0 Å². The van der Waals surface area contributed by atoms with Gasteiger partial charge in [-0.05, 0) is 23.5 Å². The largest absolute Gasteiger partial charge is 0.391 e. The molecule has 3 amide bonds. The van der Waals surface area contributed by atoms with Crippen LogP contribution in [0.5, 0.6) is 0 Å². The van der Waals surface area contributed by atoms with E-state index in [1.165, 1.54) is 10.5 Å². The fourth-order valence-corrected chi connectivity index (χ4v) is 5.37. The lowest BCUT2D eigenvalue weighted by molar-refractivity contribution is -0.144. The average Bonchev–Trinajstić information content (AvgIpc) is 3.40. The average molecular weight is 504 g/mol. The van der Waals surface area contributed by atoms with E-state index >= 15 is 0 Å². The number of nitrogens with two attached hydrogens (primary N) is 1. The Morgan fingerprint density at radius 1 is 1.26 bits per heavy atom. The molecule has 2 aliphatic heterocycles. The Balaban J connectivity index is 1.64. The number of nitrogens with zero attached hydrogens (tertiary/aromatic N) is 2. The summed E-state index contributed by atoms with van der Waals surface area (Å²) in [4.78, 5) is 44.5. The predicted octanol–water partition coefficient (Wildman–Crippen LogP) is 1.35. The summed E-state index contributed by atoms with van der Waals surface area (Å²) in [5, 5.41) is 16.2. The number of rotatable bonds is 8. The van der Waals surface area contributed by atoms with Gasteiger partial charge < -0.3 is 26.4 Å². The van der Waals surface area contributed by atoms with Crippen molar-refractivity contribution in [3.63, 3.8) is 0 Å². The van der Waals surface area contributed by atoms with Gasteiger partial charge in [-0.25, -0.2) is 0 Å². The molecule has 3 rings (SSSR count). The standard InChI is InChI=1S/C25H37N5O4S/c1-15-21(35-14-28-15)17-7-5-16(6-8-17)12-27-23(33)19-11-18(31)13-30(19)24(34)22(25(2,3)4)29-20(32)9-10-26/h5-8,14-15,18-19,21-22,31H,9-13,26H2,1-4H3,(H,27,33)(H,29,32)/t15?,18?,19-,21?,22?/m1/s1. The van der Waals surface area contributed by atoms with E-state index in [1.807, 2.05) is 38.5 Å². The second kappa shape index (κ2) is 11.5. The monoisotopic (exact) mass is 503 g/mol. The smallest absolute Gasteiger partial charge is 0.246 e. The van der Waals surface area contributed by atoms with Gasteiger partial charge in [0.2, 0.25) is 17.7 Å². The lowest BCUT2D eigenvalue weighted by Gasteiger charge is -2.35. The summed E-state index contributed by atoms with van der Waals surface area (Å²) in [7, 11) is 0. The van der Waals surface area contributed by atoms with Gasteiger partial charge in [-0.2, -0.15) is 0 Å². The van der Waals surface area contributed by atoms with Crippen LogP contribution in [0, 0.1) is 5.41 Å². The van der Waals surface area contributed by atoms with Crippen LogP contribution in [0.3, 0.4) is 0 Å². The third-order valence-corrected chi connectivity index (χ3v) is 7.57. The first-order chi connectivity index (χ1) is 16.5. The van der Waals surface area contributed by atoms with Gasteiger partial charge in [-0.15, -0.1) is 11.8 Å². The van der Waals surface area contributed by atoms with E-state index in [0.717, 1.165) is 5.56 Å². The third-order valence-electron chi connectivity index (χ3n) is 6.37. The number of β-amino-alcohol motifs (C(OH)–C–C–N with tert-alkyl or cyclic N) is 1. The molecule has 2 aliphatic rings. The molecule has 1 aromatic carbocycles. The van der Waals surface area contributed by atoms with Gasteiger partial charge in [0.05, 0.1) is 22.9 Å². The topological polar surface area (TPSA) is 137 Å². The van der Waals surface area contributed by atoms with Crippen LogP contribution in [0.15, 0.2) is 29.3 Å². The Kier molecular flexibility index (Phi) is 8.95. The maximum atomic E-state index is 13.4. The number of aliphatic imine (C=N–C) groups is 1. The first kappa shape index (κ1) is 27.2. The van der Waals surface area contributed by atoms with Gasteiger partial charge >= 0.3 is 0 Å². The summed E-state index contributed by atoms with van der Waals surface area (Å²) in [5.41, 5.74) is 8.91. The highest BCUT2D eigenvalue weighted by atomic mass is 32.2. The summed E-state index contributed by atoms with van der Waals surface area (Å²) in [6.07, 6.45) is -0.542. The molecule has 35 heavy (non-hydrogen) atoms. The number of aliphatic hydroxyl groups is 1. The van der Waals surface area contributed by atoms with Gasteiger partial charge in [0.25, 0.3) is 0 Å². The molecule has 4 unspecified atom stereocenters. The molecule has 1 aromatic rings. The van der Waals surface area contributed by atoms with Crippen LogP contribution in [-0.4, -0.2) is 70.6 Å². The molecule has 192 valence electrons. The normalized spacial score (nSPS) is 24.9. The zero-order valence-electron chi connectivity index (χ0n) is 20.9. The lowest BCUT2D eigenvalue weighted by atomic mass is 9.85. The van der Waals surface area contributed by atoms with Crippen molar-refractivity contribution in [2.75, 3.05) is 13.1 Å². The van der Waals surface area contributed by atoms with Crippen LogP contribution in [-0.2, 0) is 20.9 Å². The Labute approximate surface area is 211 Å². The number of hydrogen-bond acceptors (Lipinski definition) is 7. The van der Waals surface area contributed by atoms with Crippen molar-refractivity contribution in [3.8, 4) is 0 Å². The molecule has 2 heterocycles. The van der Waals surface area contributed by atoms with E-state index in [4.69, 9.17) is 5.73 Å². The van der Waals surface area contributed by atoms with Crippen molar-refractivity contribution < 1.29 is 19.5 Å². The number of benzene rings is 1. The molecule has 5 atom stereocenters. The summed E-state index contributed by atoms with van der Waals surface area (Å²) in [6, 6.07) is 6.66. The van der Waals surface area contributed by atoms with Crippen molar-refractivity contribution in [3.05, 3.63) is 35.4 Å². The Bertz CT molecular complexity index is 946. The van der Waals surface area contributed by atoms with Crippen molar-refractivity contribution >= 4 is 35.0 Å². The molecule has 1 fully saturated rings. The second-order valence-corrected chi connectivity index (χ2v) is 11.3. The van der Waals surface area contributed by atoms with Crippen LogP contribution in [0.4, 0.5) is 0 Å². The van der Waals surface area contributed by atoms with Crippen molar-refractivity contribution in [1.29, 1.82) is 0 Å². The second-order valence-electron chi connectivity index (χ2n) is 10.3. The van der Waals surface area contributed by atoms with Crippen molar-refractivity contribution in [2.24, 2.45) is 16.1 Å². The number of amides is 3. The Morgan fingerprint density at radius 3 is 2.51 bits per heavy atom. The molecule has 0 radical (unpaired) electrons. The molecule has 1 saturated heterocycles. The number of thioether (sulfide) groups is 1. The molecule has 9 nitrogen and oxygen atoms in total. The van der Waals surface area contributed by atoms with Crippen molar-refractivity contribution in [2.45, 2.75) is 76.6 Å². The van der Waals surface area contributed by atoms with E-state index in [0.29, 0.717) is 11.8 Å². The van der Waals surface area contributed by atoms with Gasteiger partial charge in [0, 0.05) is 32.5 Å². The van der Waals surface area contributed by atoms with E-state index < -0.39 is 23.6 Å². The SMILES string of the molecule is CC1N=CSC1c1ccc(CNC(=O)[C@H]2CC(O)CN2C(=O)C(NC(=O)CCN)C(C)(C)C)cc1. The maximum absolute atomic E-state index is 13.4. The highest BCUT2D eigenvalue weighted by molar-refractivity contribution is 8.12. The zero-order chi connectivity index (χ0) is 25.8. The molecule has 0 aliphatic carbocycles. The minimum Gasteiger partial charge on any atom is -0.391 e. The Morgan fingerprint density at radius 2 is 1.94 bits per heavy atom. The molecule has 0 spiro atoms. The number of carbonyl (C=O) groups is 3. The minimum absolute atomic E-state index is 0.0459. The zero-order valence-corrected chi connectivity index (χ0v) is 21.7. The van der Waals surface area contributed by atoms with Crippen LogP contribution >= 0.6 is 11.8 Å². The first-order valence-electron chi connectivity index (χ1n) is 12.0. The van der Waals surface area contributed by atoms with Gasteiger partial charge in [0.15, 0.2) is 0 Å². The van der Waals surface area contributed by atoms with Crippen LogP contribution < -0.4 is 16.4 Å². The molecular formula is C25H37N5O4S. The summed E-state index contributed by atoms with van der Waals surface area (Å²) < 4.78 is 0. The van der Waals surface area contributed by atoms with E-state index in [-0.39, 0.29) is 49.7 Å². The summed E-state index contributed by atoms with van der Waals surface area (Å²) >= 11 is 1.70. The maximum Gasteiger partial charge on any atom is 0.246 e. The first-order valence-corrected chi connectivity index (χ1v) is 13.0. The summed E-state index contributed by atoms with van der Waals surface area (Å²) in [5.74, 6) is -1.02. The number of nitrogens with one attached hydrogen (secondary N) is 2. The lowest BCUT2D eigenvalue weighted by Crippen LogP contribution is -2.57. The van der Waals surface area contributed by atoms with Crippen LogP contribution in [0.25, 0.3) is 0 Å². The highest BCUT2D eigenvalue weighted by Crippen LogP contribution is 2.36. The van der Waals surface area contributed by atoms with Gasteiger partial charge in [0.1, 0.15) is 12.1 Å². The van der Waals surface area contributed by atoms with Gasteiger partial charge in [-0.1, -0.05) is 45.0 Å². The molecule has 0 saturated carbocycles. The summed E-state index contributed by atoms with van der Waals surface area (Å²) in [6.45, 7) is 8.17. The fraction of sp³-hybridized carbons (Fsp3) is 0.600. The number of carbonyl (C=O) groups excluding carboxylic acids is 3. The number of hydrogen-bond donors (Lipinski definition) is 4. The molecule has 5 N–H and O–H groups in total. The van der Waals surface area contributed by atoms with E-state index in [9.17, 15) is 19.5 Å². The van der Waals surface area contributed by atoms with E-state index in [2.05, 4.69) is 34.7 Å². The number of aliphatic hydroxyl groups excluding tert-OH is 1. The van der Waals surface area contributed by atoms with Gasteiger partial charge in [-0.3, -0.25) is 19.4 Å². The Hall–Kier alpha value is -2.43. The molecule has 10 heteroatoms. The molecule has 0 aromatic heterocycles. The molecule has 0 bridgehead atoms. The number of likely N-dealkylation sites (tertiary alicyclic amines) is 1. The quantitative estimate of drug-likeness (QED) is 0.423. The molecular weight excluding hydrogens is 466 g/mol. The predicted molar refractivity (Wildman–Crippen MR) is 138 cm³/mol.